The second kappa shape index (κ2) is 10.3. The van der Waals surface area contributed by atoms with Gasteiger partial charge in [-0.2, -0.15) is 18.3 Å². The fourth-order valence-corrected chi connectivity index (χ4v) is 5.49. The number of hydrogen-bond donors (Lipinski definition) is 1. The quantitative estimate of drug-likeness (QED) is 0.265. The highest BCUT2D eigenvalue weighted by Crippen LogP contribution is 2.38. The monoisotopic (exact) mass is 596 g/mol. The highest BCUT2D eigenvalue weighted by Gasteiger charge is 2.55. The zero-order valence-corrected chi connectivity index (χ0v) is 22.1. The van der Waals surface area contributed by atoms with Gasteiger partial charge < -0.3 is 4.90 Å². The van der Waals surface area contributed by atoms with Gasteiger partial charge in [-0.05, 0) is 67.4 Å². The van der Waals surface area contributed by atoms with Crippen LogP contribution in [0.5, 0.6) is 0 Å². The van der Waals surface area contributed by atoms with Gasteiger partial charge in [0.15, 0.2) is 5.69 Å². The summed E-state index contributed by atoms with van der Waals surface area (Å²) in [6, 6.07) is 11.5. The van der Waals surface area contributed by atoms with Crippen LogP contribution >= 0.6 is 0 Å². The van der Waals surface area contributed by atoms with Gasteiger partial charge in [0.2, 0.25) is 0 Å². The molecule has 1 N–H and O–H groups in total. The Morgan fingerprint density at radius 3 is 2.16 bits per heavy atom. The fourth-order valence-electron chi connectivity index (χ4n) is 5.49. The molecule has 6 rings (SSSR count). The van der Waals surface area contributed by atoms with E-state index < -0.39 is 46.8 Å². The van der Waals surface area contributed by atoms with E-state index in [1.807, 2.05) is 0 Å². The first-order chi connectivity index (χ1) is 20.5. The molecule has 0 saturated carbocycles. The van der Waals surface area contributed by atoms with E-state index in [0.29, 0.717) is 29.1 Å². The van der Waals surface area contributed by atoms with Gasteiger partial charge in [0.05, 0.1) is 16.9 Å². The van der Waals surface area contributed by atoms with Crippen molar-refractivity contribution in [1.29, 1.82) is 0 Å². The minimum Gasteiger partial charge on any atom is -0.337 e. The van der Waals surface area contributed by atoms with E-state index in [4.69, 9.17) is 0 Å². The van der Waals surface area contributed by atoms with Crippen LogP contribution in [0, 0.1) is 11.6 Å². The molecule has 2 fully saturated rings. The van der Waals surface area contributed by atoms with Gasteiger partial charge >= 0.3 is 12.2 Å². The van der Waals surface area contributed by atoms with Gasteiger partial charge in [0.25, 0.3) is 11.8 Å². The number of nitrogens with one attached hydrogen (secondary N) is 1. The van der Waals surface area contributed by atoms with Crippen molar-refractivity contribution in [2.24, 2.45) is 0 Å². The third kappa shape index (κ3) is 4.87. The van der Waals surface area contributed by atoms with Crippen LogP contribution in [0.4, 0.5) is 32.4 Å². The van der Waals surface area contributed by atoms with E-state index >= 15 is 0 Å². The number of rotatable bonds is 4. The summed E-state index contributed by atoms with van der Waals surface area (Å²) >= 11 is 0. The second-order valence-corrected chi connectivity index (χ2v) is 10.1. The molecule has 1 spiro atoms. The van der Waals surface area contributed by atoms with Gasteiger partial charge in [-0.15, -0.1) is 0 Å². The SMILES string of the molecule is O=C(c1cc(-c2ccncc2)n(-c2ccc(C(F)(F)F)c(F)c2)n1)N1CCC2(CC1)C(=O)NC(=O)N2c1ccc(F)cc1. The number of hydrogen-bond acceptors (Lipinski definition) is 5. The molecule has 2 saturated heterocycles. The number of anilines is 1. The molecule has 9 nitrogen and oxygen atoms in total. The molecule has 0 bridgehead atoms. The summed E-state index contributed by atoms with van der Waals surface area (Å²) in [6.45, 7) is 0.118. The van der Waals surface area contributed by atoms with Crippen LogP contribution in [-0.2, 0) is 11.0 Å². The maximum Gasteiger partial charge on any atom is 0.419 e. The summed E-state index contributed by atoms with van der Waals surface area (Å²) in [5.41, 5.74) is -1.66. The molecule has 0 unspecified atom stereocenters. The Bertz CT molecular complexity index is 1730. The molecule has 4 amide bonds. The number of alkyl halides is 3. The lowest BCUT2D eigenvalue weighted by atomic mass is 9.85. The molecule has 0 aliphatic carbocycles. The van der Waals surface area contributed by atoms with Crippen LogP contribution in [0.15, 0.2) is 73.1 Å². The van der Waals surface area contributed by atoms with Crippen molar-refractivity contribution in [3.8, 4) is 16.9 Å². The van der Waals surface area contributed by atoms with Gasteiger partial charge in [0, 0.05) is 42.8 Å². The Morgan fingerprint density at radius 2 is 1.53 bits per heavy atom. The largest absolute Gasteiger partial charge is 0.419 e. The Labute approximate surface area is 240 Å². The van der Waals surface area contributed by atoms with Crippen molar-refractivity contribution >= 4 is 23.5 Å². The van der Waals surface area contributed by atoms with Crippen LogP contribution in [0.25, 0.3) is 16.9 Å². The molecule has 4 heterocycles. The standard InChI is InChI=1S/C29H21F5N6O3/c30-18-1-3-19(4-2-18)39-27(43)36-26(42)28(39)9-13-38(14-10-28)25(41)23-16-24(17-7-11-35-12-8-17)40(37-23)20-5-6-21(22(31)15-20)29(32,33)34/h1-8,11-12,15-16H,9-10,13-14H2,(H,36,42,43). The summed E-state index contributed by atoms with van der Waals surface area (Å²) in [7, 11) is 0. The number of amides is 4. The average molecular weight is 597 g/mol. The molecule has 43 heavy (non-hydrogen) atoms. The van der Waals surface area contributed by atoms with E-state index in [-0.39, 0.29) is 37.3 Å². The number of carbonyl (C=O) groups is 3. The summed E-state index contributed by atoms with van der Waals surface area (Å²) in [6.07, 6.45) is -1.77. The molecule has 2 aromatic heterocycles. The first-order valence-corrected chi connectivity index (χ1v) is 13.1. The lowest BCUT2D eigenvalue weighted by Gasteiger charge is -2.41. The topological polar surface area (TPSA) is 100 Å². The normalized spacial score (nSPS) is 16.6. The smallest absolute Gasteiger partial charge is 0.337 e. The van der Waals surface area contributed by atoms with Gasteiger partial charge in [0.1, 0.15) is 17.2 Å². The molecule has 2 aliphatic heterocycles. The van der Waals surface area contributed by atoms with E-state index in [1.165, 1.54) is 57.2 Å². The molecular formula is C29H21F5N6O3. The number of urea groups is 1. The number of nitrogens with zero attached hydrogens (tertiary/aromatic N) is 5. The van der Waals surface area contributed by atoms with Crippen LogP contribution in [-0.4, -0.2) is 56.1 Å². The minimum absolute atomic E-state index is 0.0370. The zero-order chi connectivity index (χ0) is 30.5. The van der Waals surface area contributed by atoms with Crippen molar-refractivity contribution in [2.45, 2.75) is 24.6 Å². The molecule has 0 radical (unpaired) electrons. The molecule has 220 valence electrons. The Morgan fingerprint density at radius 1 is 0.884 bits per heavy atom. The highest BCUT2D eigenvalue weighted by molar-refractivity contribution is 6.17. The lowest BCUT2D eigenvalue weighted by Crippen LogP contribution is -2.57. The van der Waals surface area contributed by atoms with Crippen molar-refractivity contribution in [3.05, 3.63) is 95.9 Å². The van der Waals surface area contributed by atoms with Crippen LogP contribution in [0.2, 0.25) is 0 Å². The van der Waals surface area contributed by atoms with Gasteiger partial charge in [-0.3, -0.25) is 24.8 Å². The van der Waals surface area contributed by atoms with Crippen LogP contribution < -0.4 is 10.2 Å². The van der Waals surface area contributed by atoms with E-state index in [0.717, 1.165) is 6.07 Å². The molecule has 2 aromatic carbocycles. The maximum atomic E-state index is 14.5. The van der Waals surface area contributed by atoms with Crippen LogP contribution in [0.3, 0.4) is 0 Å². The van der Waals surface area contributed by atoms with Crippen molar-refractivity contribution in [3.63, 3.8) is 0 Å². The van der Waals surface area contributed by atoms with Crippen LogP contribution in [0.1, 0.15) is 28.9 Å². The number of pyridine rings is 1. The average Bonchev–Trinajstić information content (AvgIpc) is 3.53. The number of benzene rings is 2. The number of aromatic nitrogens is 3. The molecule has 4 aromatic rings. The van der Waals surface area contributed by atoms with Gasteiger partial charge in [-0.1, -0.05) is 0 Å². The molecular weight excluding hydrogens is 575 g/mol. The summed E-state index contributed by atoms with van der Waals surface area (Å²) in [4.78, 5) is 46.0. The molecule has 14 heteroatoms. The molecule has 2 aliphatic rings. The van der Waals surface area contributed by atoms with Crippen molar-refractivity contribution in [1.82, 2.24) is 25.0 Å². The van der Waals surface area contributed by atoms with E-state index in [9.17, 15) is 36.3 Å². The van der Waals surface area contributed by atoms with Crippen molar-refractivity contribution in [2.75, 3.05) is 18.0 Å². The maximum absolute atomic E-state index is 14.5. The highest BCUT2D eigenvalue weighted by atomic mass is 19.4. The van der Waals surface area contributed by atoms with E-state index in [1.54, 1.807) is 12.1 Å². The predicted molar refractivity (Wildman–Crippen MR) is 142 cm³/mol. The summed E-state index contributed by atoms with van der Waals surface area (Å²) in [5.74, 6) is -3.06. The third-order valence-corrected chi connectivity index (χ3v) is 7.64. The van der Waals surface area contributed by atoms with E-state index in [2.05, 4.69) is 15.4 Å². The number of imide groups is 1. The van der Waals surface area contributed by atoms with Gasteiger partial charge in [-0.25, -0.2) is 18.3 Å². The Hall–Kier alpha value is -5.14. The lowest BCUT2D eigenvalue weighted by molar-refractivity contribution is -0.140. The minimum atomic E-state index is -4.89. The summed E-state index contributed by atoms with van der Waals surface area (Å²) in [5, 5.41) is 6.64. The number of likely N-dealkylation sites (tertiary alicyclic amines) is 1. The van der Waals surface area contributed by atoms with Crippen molar-refractivity contribution < 1.29 is 36.3 Å². The number of carbonyl (C=O) groups excluding carboxylic acids is 3. The second-order valence-electron chi connectivity index (χ2n) is 10.1. The number of halogens is 5. The Kier molecular flexibility index (Phi) is 6.70. The summed E-state index contributed by atoms with van der Waals surface area (Å²) < 4.78 is 68.6. The predicted octanol–water partition coefficient (Wildman–Crippen LogP) is 4.96. The Balaban J connectivity index is 1.30. The first-order valence-electron chi connectivity index (χ1n) is 13.1. The first kappa shape index (κ1) is 28.0. The fraction of sp³-hybridized carbons (Fsp3) is 0.207. The number of piperidine rings is 1. The zero-order valence-electron chi connectivity index (χ0n) is 22.1. The third-order valence-electron chi connectivity index (χ3n) is 7.64. The molecule has 0 atom stereocenters.